The molecule has 1 unspecified atom stereocenters. The summed E-state index contributed by atoms with van der Waals surface area (Å²) in [7, 11) is 0. The Hall–Kier alpha value is -1.55. The first-order valence-electron chi connectivity index (χ1n) is 9.26. The van der Waals surface area contributed by atoms with E-state index in [-0.39, 0.29) is 19.1 Å². The number of aliphatic hydroxyl groups is 1. The van der Waals surface area contributed by atoms with Gasteiger partial charge in [0.1, 0.15) is 0 Å². The van der Waals surface area contributed by atoms with E-state index in [1.165, 1.54) is 4.90 Å². The summed E-state index contributed by atoms with van der Waals surface area (Å²) in [5.41, 5.74) is -0.462. The van der Waals surface area contributed by atoms with Crippen LogP contribution in [0.25, 0.3) is 0 Å². The summed E-state index contributed by atoms with van der Waals surface area (Å²) in [6.07, 6.45) is 0. The summed E-state index contributed by atoms with van der Waals surface area (Å²) in [5.74, 6) is -0.223. The molecule has 8 nitrogen and oxygen atoms in total. The van der Waals surface area contributed by atoms with Gasteiger partial charge in [-0.05, 0) is 6.07 Å². The Balaban J connectivity index is 1.66. The predicted molar refractivity (Wildman–Crippen MR) is 95.5 cm³/mol. The molecule has 1 atom stereocenters. The maximum absolute atomic E-state index is 12.8. The first kappa shape index (κ1) is 20.2. The molecule has 3 rings (SSSR count). The van der Waals surface area contributed by atoms with Gasteiger partial charge in [-0.15, -0.1) is 0 Å². The van der Waals surface area contributed by atoms with Crippen LogP contribution < -0.4 is 0 Å². The maximum Gasteiger partial charge on any atom is 0.256 e. The lowest BCUT2D eigenvalue weighted by Gasteiger charge is -2.34. The zero-order valence-corrected chi connectivity index (χ0v) is 15.4. The SMILES string of the molecule is O=C1c2ccccc2C2(O)COCCOCCOCCOCCOCCN12. The highest BCUT2D eigenvalue weighted by Crippen LogP contribution is 2.37. The second kappa shape index (κ2) is 10.1. The molecule has 0 radical (unpaired) electrons. The van der Waals surface area contributed by atoms with Crippen LogP contribution in [0.5, 0.6) is 0 Å². The average Bonchev–Trinajstić information content (AvgIpc) is 2.89. The molecule has 150 valence electrons. The molecule has 1 fully saturated rings. The summed E-state index contributed by atoms with van der Waals surface area (Å²) >= 11 is 0. The number of benzene rings is 1. The second-order valence-corrected chi connectivity index (χ2v) is 6.32. The first-order chi connectivity index (χ1) is 13.2. The van der Waals surface area contributed by atoms with E-state index in [1.807, 2.05) is 0 Å². The Morgan fingerprint density at radius 1 is 0.778 bits per heavy atom. The minimum Gasteiger partial charge on any atom is -0.377 e. The van der Waals surface area contributed by atoms with Crippen molar-refractivity contribution in [2.45, 2.75) is 5.72 Å². The number of hydrogen-bond acceptors (Lipinski definition) is 7. The molecular formula is C19H27NO7. The number of carbonyl (C=O) groups excluding carboxylic acids is 1. The van der Waals surface area contributed by atoms with Crippen molar-refractivity contribution in [3.05, 3.63) is 35.4 Å². The van der Waals surface area contributed by atoms with E-state index in [4.69, 9.17) is 23.7 Å². The van der Waals surface area contributed by atoms with E-state index in [0.717, 1.165) is 0 Å². The highest BCUT2D eigenvalue weighted by molar-refractivity contribution is 5.99. The number of amides is 1. The molecule has 1 saturated heterocycles. The zero-order chi connectivity index (χ0) is 19.0. The summed E-state index contributed by atoms with van der Waals surface area (Å²) in [5, 5.41) is 11.3. The molecule has 2 aliphatic rings. The molecule has 1 amide bonds. The molecule has 0 aromatic heterocycles. The van der Waals surface area contributed by atoms with Gasteiger partial charge < -0.3 is 33.7 Å². The molecule has 1 aromatic rings. The molecule has 0 aliphatic carbocycles. The van der Waals surface area contributed by atoms with Gasteiger partial charge in [-0.25, -0.2) is 0 Å². The molecule has 0 spiro atoms. The third-order valence-electron chi connectivity index (χ3n) is 4.53. The fourth-order valence-electron chi connectivity index (χ4n) is 3.17. The lowest BCUT2D eigenvalue weighted by atomic mass is 10.0. The van der Waals surface area contributed by atoms with Crippen molar-refractivity contribution in [3.63, 3.8) is 0 Å². The topological polar surface area (TPSA) is 86.7 Å². The highest BCUT2D eigenvalue weighted by Gasteiger charge is 2.48. The summed E-state index contributed by atoms with van der Waals surface area (Å²) in [4.78, 5) is 14.2. The van der Waals surface area contributed by atoms with Crippen LogP contribution in [0, 0.1) is 0 Å². The van der Waals surface area contributed by atoms with Crippen LogP contribution in [0.15, 0.2) is 24.3 Å². The van der Waals surface area contributed by atoms with Crippen LogP contribution in [0.1, 0.15) is 15.9 Å². The van der Waals surface area contributed by atoms with Gasteiger partial charge in [-0.1, -0.05) is 18.2 Å². The van der Waals surface area contributed by atoms with Crippen molar-refractivity contribution in [1.29, 1.82) is 0 Å². The van der Waals surface area contributed by atoms with Gasteiger partial charge in [0.05, 0.1) is 66.1 Å². The van der Waals surface area contributed by atoms with Gasteiger partial charge in [0.2, 0.25) is 0 Å². The Bertz CT molecular complexity index is 611. The summed E-state index contributed by atoms with van der Waals surface area (Å²) in [6.45, 7) is 4.02. The van der Waals surface area contributed by atoms with Crippen molar-refractivity contribution in [1.82, 2.24) is 4.90 Å². The normalized spacial score (nSPS) is 26.7. The Kier molecular flexibility index (Phi) is 7.57. The largest absolute Gasteiger partial charge is 0.377 e. The van der Waals surface area contributed by atoms with E-state index in [0.29, 0.717) is 70.6 Å². The minimum absolute atomic E-state index is 0.0290. The molecule has 0 saturated carbocycles. The maximum atomic E-state index is 12.8. The zero-order valence-electron chi connectivity index (χ0n) is 15.4. The van der Waals surface area contributed by atoms with Gasteiger partial charge in [-0.3, -0.25) is 4.79 Å². The van der Waals surface area contributed by atoms with Crippen molar-refractivity contribution in [2.24, 2.45) is 0 Å². The number of hydrogen-bond donors (Lipinski definition) is 1. The number of rotatable bonds is 0. The van der Waals surface area contributed by atoms with Crippen molar-refractivity contribution >= 4 is 5.91 Å². The molecule has 27 heavy (non-hydrogen) atoms. The number of ether oxygens (including phenoxy) is 5. The Labute approximate surface area is 158 Å². The quantitative estimate of drug-likeness (QED) is 0.695. The van der Waals surface area contributed by atoms with E-state index in [2.05, 4.69) is 0 Å². The van der Waals surface area contributed by atoms with Crippen LogP contribution in [0.3, 0.4) is 0 Å². The standard InChI is InChI=1S/C19H27NO7/c21-18-16-3-1-2-4-17(16)19(22)15-27-14-13-26-12-11-25-10-9-24-8-7-23-6-5-20(18)19/h1-4,22H,5-15H2. The Morgan fingerprint density at radius 3 is 1.93 bits per heavy atom. The fraction of sp³-hybridized carbons (Fsp3) is 0.632. The Morgan fingerprint density at radius 2 is 1.30 bits per heavy atom. The van der Waals surface area contributed by atoms with Crippen molar-refractivity contribution in [2.75, 3.05) is 72.6 Å². The highest BCUT2D eigenvalue weighted by atomic mass is 16.6. The summed E-state index contributed by atoms with van der Waals surface area (Å²) < 4.78 is 27.4. The second-order valence-electron chi connectivity index (χ2n) is 6.32. The minimum atomic E-state index is -1.51. The van der Waals surface area contributed by atoms with Gasteiger partial charge in [0.25, 0.3) is 5.91 Å². The van der Waals surface area contributed by atoms with E-state index in [9.17, 15) is 9.90 Å². The molecule has 8 heteroatoms. The summed E-state index contributed by atoms with van der Waals surface area (Å²) in [6, 6.07) is 7.06. The van der Waals surface area contributed by atoms with Crippen LogP contribution in [0.4, 0.5) is 0 Å². The average molecular weight is 381 g/mol. The van der Waals surface area contributed by atoms with Crippen molar-refractivity contribution < 1.29 is 33.6 Å². The smallest absolute Gasteiger partial charge is 0.256 e. The van der Waals surface area contributed by atoms with Gasteiger partial charge in [0, 0.05) is 17.7 Å². The lowest BCUT2D eigenvalue weighted by Crippen LogP contribution is -2.48. The number of nitrogens with zero attached hydrogens (tertiary/aromatic N) is 1. The lowest BCUT2D eigenvalue weighted by molar-refractivity contribution is -0.142. The van der Waals surface area contributed by atoms with E-state index >= 15 is 0 Å². The molecule has 1 N–H and O–H groups in total. The van der Waals surface area contributed by atoms with E-state index in [1.54, 1.807) is 24.3 Å². The van der Waals surface area contributed by atoms with Crippen LogP contribution in [0.2, 0.25) is 0 Å². The van der Waals surface area contributed by atoms with Crippen LogP contribution >= 0.6 is 0 Å². The van der Waals surface area contributed by atoms with Crippen LogP contribution in [-0.2, 0) is 29.4 Å². The fourth-order valence-corrected chi connectivity index (χ4v) is 3.17. The molecule has 0 bridgehead atoms. The number of fused-ring (bicyclic) bond motifs is 3. The third kappa shape index (κ3) is 5.04. The van der Waals surface area contributed by atoms with E-state index < -0.39 is 5.72 Å². The molecule has 1 aromatic carbocycles. The molecular weight excluding hydrogens is 354 g/mol. The first-order valence-corrected chi connectivity index (χ1v) is 9.26. The van der Waals surface area contributed by atoms with Gasteiger partial charge in [0.15, 0.2) is 5.72 Å². The molecule has 2 heterocycles. The van der Waals surface area contributed by atoms with Gasteiger partial charge in [-0.2, -0.15) is 0 Å². The van der Waals surface area contributed by atoms with Crippen LogP contribution in [-0.4, -0.2) is 88.5 Å². The monoisotopic (exact) mass is 381 g/mol. The third-order valence-corrected chi connectivity index (χ3v) is 4.53. The predicted octanol–water partition coefficient (Wildman–Crippen LogP) is 0.384. The van der Waals surface area contributed by atoms with Gasteiger partial charge >= 0.3 is 0 Å². The molecule has 2 aliphatic heterocycles. The van der Waals surface area contributed by atoms with Crippen molar-refractivity contribution in [3.8, 4) is 0 Å². The number of carbonyl (C=O) groups is 1.